The Balaban J connectivity index is 1.41. The van der Waals surface area contributed by atoms with Crippen molar-refractivity contribution in [3.8, 4) is 0 Å². The Kier molecular flexibility index (Phi) is 5.26. The summed E-state index contributed by atoms with van der Waals surface area (Å²) in [7, 11) is 0. The molecule has 2 atom stereocenters. The SMILES string of the molecule is Cc1cc(N2CCC3(CC2)C[C@@](C)(NC(=O)Cn2cccn2)[C@H](O)CO3)ncn1. The van der Waals surface area contributed by atoms with E-state index >= 15 is 0 Å². The van der Waals surface area contributed by atoms with Crippen molar-refractivity contribution >= 4 is 11.7 Å². The monoisotopic (exact) mass is 400 g/mol. The van der Waals surface area contributed by atoms with Crippen LogP contribution in [0, 0.1) is 6.92 Å². The van der Waals surface area contributed by atoms with Gasteiger partial charge in [0, 0.05) is 43.7 Å². The first kappa shape index (κ1) is 19.8. The average Bonchev–Trinajstić information content (AvgIpc) is 3.18. The molecule has 0 saturated carbocycles. The van der Waals surface area contributed by atoms with E-state index in [1.807, 2.05) is 19.9 Å². The maximum absolute atomic E-state index is 12.5. The topological polar surface area (TPSA) is 105 Å². The number of piperidine rings is 1. The van der Waals surface area contributed by atoms with Gasteiger partial charge in [-0.3, -0.25) is 9.48 Å². The average molecular weight is 400 g/mol. The Bertz CT molecular complexity index is 850. The number of aryl methyl sites for hydroxylation is 1. The molecular weight excluding hydrogens is 372 g/mol. The van der Waals surface area contributed by atoms with Gasteiger partial charge in [-0.2, -0.15) is 5.10 Å². The molecule has 2 saturated heterocycles. The number of nitrogens with one attached hydrogen (secondary N) is 1. The van der Waals surface area contributed by atoms with Crippen molar-refractivity contribution in [2.24, 2.45) is 0 Å². The minimum atomic E-state index is -0.753. The zero-order valence-corrected chi connectivity index (χ0v) is 16.9. The lowest BCUT2D eigenvalue weighted by molar-refractivity contribution is -0.172. The number of rotatable bonds is 4. The third-order valence-corrected chi connectivity index (χ3v) is 6.05. The first-order valence-electron chi connectivity index (χ1n) is 10.0. The number of anilines is 1. The highest BCUT2D eigenvalue weighted by molar-refractivity contribution is 5.76. The van der Waals surface area contributed by atoms with Crippen molar-refractivity contribution in [2.45, 2.75) is 56.9 Å². The molecular formula is C20H28N6O3. The van der Waals surface area contributed by atoms with E-state index in [0.717, 1.165) is 37.4 Å². The van der Waals surface area contributed by atoms with Gasteiger partial charge in [-0.1, -0.05) is 0 Å². The summed E-state index contributed by atoms with van der Waals surface area (Å²) in [5.74, 6) is 0.764. The molecule has 4 heterocycles. The molecule has 0 unspecified atom stereocenters. The molecule has 2 aromatic heterocycles. The Morgan fingerprint density at radius 1 is 1.38 bits per heavy atom. The molecule has 2 aliphatic heterocycles. The second-order valence-electron chi connectivity index (χ2n) is 8.36. The minimum absolute atomic E-state index is 0.129. The van der Waals surface area contributed by atoms with E-state index in [1.165, 1.54) is 0 Å². The standard InChI is InChI=1S/C20H28N6O3/c1-15-10-17(22-14-21-15)25-8-4-20(5-9-25)13-19(2,16(27)12-29-20)24-18(28)11-26-7-3-6-23-26/h3,6-7,10,14,16,27H,4-5,8-9,11-13H2,1-2H3,(H,24,28)/t16-,19-/m1/s1. The number of hydrogen-bond donors (Lipinski definition) is 2. The lowest BCUT2D eigenvalue weighted by Crippen LogP contribution is -2.66. The first-order chi connectivity index (χ1) is 13.9. The molecule has 29 heavy (non-hydrogen) atoms. The highest BCUT2D eigenvalue weighted by Gasteiger charge is 2.50. The zero-order valence-electron chi connectivity index (χ0n) is 16.9. The van der Waals surface area contributed by atoms with Crippen LogP contribution in [0.2, 0.25) is 0 Å². The van der Waals surface area contributed by atoms with Gasteiger partial charge < -0.3 is 20.1 Å². The van der Waals surface area contributed by atoms with Gasteiger partial charge in [0.15, 0.2) is 0 Å². The molecule has 0 aliphatic carbocycles. The second-order valence-corrected chi connectivity index (χ2v) is 8.36. The van der Waals surface area contributed by atoms with Crippen LogP contribution in [0.25, 0.3) is 0 Å². The van der Waals surface area contributed by atoms with E-state index in [0.29, 0.717) is 6.42 Å². The summed E-state index contributed by atoms with van der Waals surface area (Å²) in [5, 5.41) is 17.7. The molecule has 2 aliphatic rings. The van der Waals surface area contributed by atoms with Crippen molar-refractivity contribution in [2.75, 3.05) is 24.6 Å². The fourth-order valence-corrected chi connectivity index (χ4v) is 4.38. The fourth-order valence-electron chi connectivity index (χ4n) is 4.38. The van der Waals surface area contributed by atoms with Crippen LogP contribution >= 0.6 is 0 Å². The van der Waals surface area contributed by atoms with Crippen LogP contribution in [0.15, 0.2) is 30.9 Å². The Hall–Kier alpha value is -2.52. The van der Waals surface area contributed by atoms with E-state index in [1.54, 1.807) is 29.5 Å². The van der Waals surface area contributed by atoms with E-state index in [9.17, 15) is 9.90 Å². The summed E-state index contributed by atoms with van der Waals surface area (Å²) in [6.07, 6.45) is 6.42. The first-order valence-corrected chi connectivity index (χ1v) is 10.0. The number of aliphatic hydroxyl groups is 1. The highest BCUT2D eigenvalue weighted by Crippen LogP contribution is 2.40. The normalized spacial score (nSPS) is 26.4. The molecule has 2 N–H and O–H groups in total. The number of aromatic nitrogens is 4. The van der Waals surface area contributed by atoms with Gasteiger partial charge in [0.25, 0.3) is 0 Å². The highest BCUT2D eigenvalue weighted by atomic mass is 16.5. The van der Waals surface area contributed by atoms with Crippen molar-refractivity contribution in [1.82, 2.24) is 25.1 Å². The van der Waals surface area contributed by atoms with Crippen LogP contribution in [-0.4, -0.2) is 67.7 Å². The van der Waals surface area contributed by atoms with Crippen LogP contribution < -0.4 is 10.2 Å². The van der Waals surface area contributed by atoms with Crippen LogP contribution in [0.5, 0.6) is 0 Å². The van der Waals surface area contributed by atoms with Gasteiger partial charge in [0.05, 0.1) is 17.7 Å². The van der Waals surface area contributed by atoms with E-state index < -0.39 is 11.6 Å². The third kappa shape index (κ3) is 4.25. The molecule has 1 amide bonds. The maximum atomic E-state index is 12.5. The number of nitrogens with zero attached hydrogens (tertiary/aromatic N) is 5. The molecule has 4 rings (SSSR count). The summed E-state index contributed by atoms with van der Waals surface area (Å²) in [4.78, 5) is 23.3. The van der Waals surface area contributed by atoms with E-state index in [-0.39, 0.29) is 24.7 Å². The summed E-state index contributed by atoms with van der Waals surface area (Å²) < 4.78 is 7.70. The summed E-state index contributed by atoms with van der Waals surface area (Å²) in [6.45, 7) is 5.82. The van der Waals surface area contributed by atoms with Crippen molar-refractivity contribution in [3.63, 3.8) is 0 Å². The number of amides is 1. The van der Waals surface area contributed by atoms with E-state index in [4.69, 9.17) is 4.74 Å². The molecule has 156 valence electrons. The van der Waals surface area contributed by atoms with Gasteiger partial charge in [0.1, 0.15) is 24.8 Å². The van der Waals surface area contributed by atoms with Gasteiger partial charge in [-0.05, 0) is 32.8 Å². The summed E-state index contributed by atoms with van der Waals surface area (Å²) >= 11 is 0. The van der Waals surface area contributed by atoms with Gasteiger partial charge in [0.2, 0.25) is 5.91 Å². The van der Waals surface area contributed by atoms with E-state index in [2.05, 4.69) is 25.3 Å². The van der Waals surface area contributed by atoms with Gasteiger partial charge >= 0.3 is 0 Å². The zero-order chi connectivity index (χ0) is 20.5. The summed E-state index contributed by atoms with van der Waals surface area (Å²) in [5.41, 5.74) is -0.151. The van der Waals surface area contributed by atoms with Crippen molar-refractivity contribution in [1.29, 1.82) is 0 Å². The lowest BCUT2D eigenvalue weighted by atomic mass is 9.74. The largest absolute Gasteiger partial charge is 0.388 e. The van der Waals surface area contributed by atoms with Crippen molar-refractivity contribution < 1.29 is 14.6 Å². The molecule has 1 spiro atoms. The molecule has 9 nitrogen and oxygen atoms in total. The molecule has 9 heteroatoms. The Morgan fingerprint density at radius 2 is 2.17 bits per heavy atom. The van der Waals surface area contributed by atoms with Gasteiger partial charge in [-0.15, -0.1) is 0 Å². The lowest BCUT2D eigenvalue weighted by Gasteiger charge is -2.52. The number of hydrogen-bond acceptors (Lipinski definition) is 7. The van der Waals surface area contributed by atoms with Crippen molar-refractivity contribution in [3.05, 3.63) is 36.5 Å². The predicted octanol–water partition coefficient (Wildman–Crippen LogP) is 0.677. The molecule has 2 fully saturated rings. The minimum Gasteiger partial charge on any atom is -0.388 e. The smallest absolute Gasteiger partial charge is 0.242 e. The predicted molar refractivity (Wildman–Crippen MR) is 106 cm³/mol. The van der Waals surface area contributed by atoms with Gasteiger partial charge in [-0.25, -0.2) is 9.97 Å². The number of carbonyl (C=O) groups is 1. The van der Waals surface area contributed by atoms with Crippen LogP contribution in [-0.2, 0) is 16.1 Å². The number of aliphatic hydroxyl groups excluding tert-OH is 1. The van der Waals surface area contributed by atoms with Crippen LogP contribution in [0.3, 0.4) is 0 Å². The molecule has 0 aromatic carbocycles. The third-order valence-electron chi connectivity index (χ3n) is 6.05. The summed E-state index contributed by atoms with van der Waals surface area (Å²) in [6, 6.07) is 3.77. The Morgan fingerprint density at radius 3 is 2.86 bits per heavy atom. The quantitative estimate of drug-likeness (QED) is 0.777. The fraction of sp³-hybridized carbons (Fsp3) is 0.600. The van der Waals surface area contributed by atoms with Crippen LogP contribution in [0.4, 0.5) is 5.82 Å². The Labute approximate surface area is 170 Å². The number of carbonyl (C=O) groups excluding carboxylic acids is 1. The molecule has 0 radical (unpaired) electrons. The maximum Gasteiger partial charge on any atom is 0.242 e. The van der Waals surface area contributed by atoms with Crippen LogP contribution in [0.1, 0.15) is 31.9 Å². The molecule has 2 aromatic rings. The molecule has 0 bridgehead atoms. The number of ether oxygens (including phenoxy) is 1. The second kappa shape index (κ2) is 7.72.